The zero-order valence-electron chi connectivity index (χ0n) is 13.4. The number of rotatable bonds is 4. The molecule has 0 aromatic heterocycles. The van der Waals surface area contributed by atoms with E-state index in [-0.39, 0.29) is 6.04 Å². The molecule has 7 nitrogen and oxygen atoms in total. The van der Waals surface area contributed by atoms with E-state index in [2.05, 4.69) is 21.5 Å². The molecule has 1 aliphatic carbocycles. The maximum absolute atomic E-state index is 12.3. The number of carbonyl (C=O) groups excluding carboxylic acids is 3. The molecule has 7 heteroatoms. The number of nitrogens with one attached hydrogen (secondary N) is 4. The Morgan fingerprint density at radius 1 is 0.800 bits per heavy atom. The molecule has 0 unspecified atom stereocenters. The predicted molar refractivity (Wildman–Crippen MR) is 92.9 cm³/mol. The monoisotopic (exact) mass is 338 g/mol. The summed E-state index contributed by atoms with van der Waals surface area (Å²) in [5.41, 5.74) is 6.14. The molecule has 0 saturated heterocycles. The van der Waals surface area contributed by atoms with Gasteiger partial charge in [-0.2, -0.15) is 0 Å². The van der Waals surface area contributed by atoms with E-state index in [1.54, 1.807) is 24.3 Å². The standard InChI is InChI=1S/C18H18N4O3/c23-16(21-22-18(25)17(24)20-13-10-11-13)14-8-4-5-9-15(14)19-12-6-2-1-3-7-12/h1-9,13,19H,10-11H2,(H,20,24)(H,21,23)(H,22,25). The summed E-state index contributed by atoms with van der Waals surface area (Å²) in [4.78, 5) is 35.5. The lowest BCUT2D eigenvalue weighted by molar-refractivity contribution is -0.139. The average Bonchev–Trinajstić information content (AvgIpc) is 3.44. The molecule has 2 aromatic carbocycles. The van der Waals surface area contributed by atoms with E-state index in [1.165, 1.54) is 0 Å². The lowest BCUT2D eigenvalue weighted by Gasteiger charge is -2.12. The van der Waals surface area contributed by atoms with Crippen LogP contribution in [0, 0.1) is 0 Å². The molecular formula is C18H18N4O3. The third kappa shape index (κ3) is 4.57. The van der Waals surface area contributed by atoms with Crippen molar-refractivity contribution < 1.29 is 14.4 Å². The number of carbonyl (C=O) groups is 3. The lowest BCUT2D eigenvalue weighted by atomic mass is 10.1. The summed E-state index contributed by atoms with van der Waals surface area (Å²) in [7, 11) is 0. The van der Waals surface area contributed by atoms with Gasteiger partial charge in [0.2, 0.25) is 0 Å². The minimum Gasteiger partial charge on any atom is -0.355 e. The number of hydrazine groups is 1. The summed E-state index contributed by atoms with van der Waals surface area (Å²) in [6.45, 7) is 0. The summed E-state index contributed by atoms with van der Waals surface area (Å²) in [6, 6.07) is 16.4. The van der Waals surface area contributed by atoms with Crippen LogP contribution < -0.4 is 21.5 Å². The molecule has 1 saturated carbocycles. The van der Waals surface area contributed by atoms with Crippen molar-refractivity contribution in [3.8, 4) is 0 Å². The Labute approximate surface area is 144 Å². The van der Waals surface area contributed by atoms with Crippen LogP contribution in [0.3, 0.4) is 0 Å². The molecule has 0 radical (unpaired) electrons. The zero-order chi connectivity index (χ0) is 17.6. The summed E-state index contributed by atoms with van der Waals surface area (Å²) >= 11 is 0. The zero-order valence-corrected chi connectivity index (χ0v) is 13.4. The molecular weight excluding hydrogens is 320 g/mol. The van der Waals surface area contributed by atoms with Gasteiger partial charge >= 0.3 is 11.8 Å². The van der Waals surface area contributed by atoms with Crippen molar-refractivity contribution in [1.82, 2.24) is 16.2 Å². The molecule has 4 N–H and O–H groups in total. The van der Waals surface area contributed by atoms with Crippen molar-refractivity contribution in [2.75, 3.05) is 5.32 Å². The first kappa shape index (κ1) is 16.5. The highest BCUT2D eigenvalue weighted by atomic mass is 16.2. The Morgan fingerprint density at radius 3 is 2.20 bits per heavy atom. The largest absolute Gasteiger partial charge is 0.355 e. The van der Waals surface area contributed by atoms with Crippen LogP contribution in [0.15, 0.2) is 54.6 Å². The highest BCUT2D eigenvalue weighted by molar-refractivity contribution is 6.35. The number of para-hydroxylation sites is 2. The minimum absolute atomic E-state index is 0.0738. The Bertz CT molecular complexity index is 788. The molecule has 3 rings (SSSR count). The number of amides is 3. The van der Waals surface area contributed by atoms with Crippen LogP contribution in [0.5, 0.6) is 0 Å². The minimum atomic E-state index is -0.895. The van der Waals surface area contributed by atoms with Gasteiger partial charge in [0.1, 0.15) is 0 Å². The van der Waals surface area contributed by atoms with Crippen LogP contribution in [0.25, 0.3) is 0 Å². The fourth-order valence-electron chi connectivity index (χ4n) is 2.18. The van der Waals surface area contributed by atoms with E-state index in [1.807, 2.05) is 30.3 Å². The summed E-state index contributed by atoms with van der Waals surface area (Å²) in [5.74, 6) is -2.17. The molecule has 1 fully saturated rings. The van der Waals surface area contributed by atoms with Gasteiger partial charge in [-0.1, -0.05) is 30.3 Å². The fraction of sp³-hybridized carbons (Fsp3) is 0.167. The van der Waals surface area contributed by atoms with Crippen LogP contribution >= 0.6 is 0 Å². The van der Waals surface area contributed by atoms with E-state index < -0.39 is 17.7 Å². The third-order valence-corrected chi connectivity index (χ3v) is 3.63. The second-order valence-electron chi connectivity index (χ2n) is 5.69. The van der Waals surface area contributed by atoms with E-state index in [4.69, 9.17) is 0 Å². The SMILES string of the molecule is O=C(NNC(=O)c1ccccc1Nc1ccccc1)C(=O)NC1CC1. The fourth-order valence-corrected chi connectivity index (χ4v) is 2.18. The van der Waals surface area contributed by atoms with Gasteiger partial charge in [-0.3, -0.25) is 25.2 Å². The van der Waals surface area contributed by atoms with Crippen LogP contribution in [0.1, 0.15) is 23.2 Å². The Balaban J connectivity index is 1.61. The third-order valence-electron chi connectivity index (χ3n) is 3.63. The Kier molecular flexibility index (Phi) is 4.94. The van der Waals surface area contributed by atoms with Crippen molar-refractivity contribution in [2.45, 2.75) is 18.9 Å². The number of benzene rings is 2. The first-order valence-corrected chi connectivity index (χ1v) is 7.96. The maximum Gasteiger partial charge on any atom is 0.327 e. The van der Waals surface area contributed by atoms with Gasteiger partial charge < -0.3 is 10.6 Å². The van der Waals surface area contributed by atoms with Crippen LogP contribution in [0.2, 0.25) is 0 Å². The number of hydrogen-bond donors (Lipinski definition) is 4. The normalized spacial score (nSPS) is 12.8. The summed E-state index contributed by atoms with van der Waals surface area (Å²) < 4.78 is 0. The molecule has 2 aromatic rings. The van der Waals surface area contributed by atoms with Crippen molar-refractivity contribution in [1.29, 1.82) is 0 Å². The van der Waals surface area contributed by atoms with Crippen LogP contribution in [-0.4, -0.2) is 23.8 Å². The Morgan fingerprint density at radius 2 is 1.48 bits per heavy atom. The van der Waals surface area contributed by atoms with Gasteiger partial charge in [-0.15, -0.1) is 0 Å². The number of anilines is 2. The molecule has 0 atom stereocenters. The van der Waals surface area contributed by atoms with Crippen molar-refractivity contribution in [3.63, 3.8) is 0 Å². The molecule has 128 valence electrons. The molecule has 0 spiro atoms. The van der Waals surface area contributed by atoms with Gasteiger partial charge in [0.05, 0.1) is 11.3 Å². The summed E-state index contributed by atoms with van der Waals surface area (Å²) in [6.07, 6.45) is 1.76. The van der Waals surface area contributed by atoms with Gasteiger partial charge in [-0.05, 0) is 37.1 Å². The van der Waals surface area contributed by atoms with E-state index in [9.17, 15) is 14.4 Å². The molecule has 0 heterocycles. The molecule has 0 bridgehead atoms. The van der Waals surface area contributed by atoms with Crippen molar-refractivity contribution in [3.05, 3.63) is 60.2 Å². The maximum atomic E-state index is 12.3. The summed E-state index contributed by atoms with van der Waals surface area (Å²) in [5, 5.41) is 5.69. The first-order chi connectivity index (χ1) is 12.1. The van der Waals surface area contributed by atoms with Gasteiger partial charge in [0, 0.05) is 11.7 Å². The Hall–Kier alpha value is -3.35. The van der Waals surface area contributed by atoms with E-state index >= 15 is 0 Å². The molecule has 3 amide bonds. The van der Waals surface area contributed by atoms with Crippen LogP contribution in [0.4, 0.5) is 11.4 Å². The lowest BCUT2D eigenvalue weighted by Crippen LogP contribution is -2.49. The average molecular weight is 338 g/mol. The van der Waals surface area contributed by atoms with E-state index in [0.717, 1.165) is 18.5 Å². The van der Waals surface area contributed by atoms with Crippen LogP contribution in [-0.2, 0) is 9.59 Å². The highest BCUT2D eigenvalue weighted by Gasteiger charge is 2.26. The van der Waals surface area contributed by atoms with Gasteiger partial charge in [0.15, 0.2) is 0 Å². The molecule has 1 aliphatic rings. The van der Waals surface area contributed by atoms with Crippen molar-refractivity contribution >= 4 is 29.1 Å². The van der Waals surface area contributed by atoms with Gasteiger partial charge in [-0.25, -0.2) is 0 Å². The second-order valence-corrected chi connectivity index (χ2v) is 5.69. The smallest absolute Gasteiger partial charge is 0.327 e. The van der Waals surface area contributed by atoms with Gasteiger partial charge in [0.25, 0.3) is 5.91 Å². The predicted octanol–water partition coefficient (Wildman–Crippen LogP) is 1.47. The topological polar surface area (TPSA) is 99.3 Å². The second kappa shape index (κ2) is 7.48. The first-order valence-electron chi connectivity index (χ1n) is 7.96. The quantitative estimate of drug-likeness (QED) is 0.501. The van der Waals surface area contributed by atoms with Crippen molar-refractivity contribution in [2.24, 2.45) is 0 Å². The van der Waals surface area contributed by atoms with E-state index in [0.29, 0.717) is 11.3 Å². The number of hydrogen-bond acceptors (Lipinski definition) is 4. The molecule has 0 aliphatic heterocycles. The molecule has 25 heavy (non-hydrogen) atoms. The highest BCUT2D eigenvalue weighted by Crippen LogP contribution is 2.20.